The van der Waals surface area contributed by atoms with Crippen molar-refractivity contribution in [3.8, 4) is 0 Å². The van der Waals surface area contributed by atoms with Gasteiger partial charge in [-0.05, 0) is 18.1 Å². The first-order valence-electron chi connectivity index (χ1n) is 3.91. The number of aliphatic hydroxyl groups is 1. The second-order valence-corrected chi connectivity index (χ2v) is 3.13. The van der Waals surface area contributed by atoms with Gasteiger partial charge in [-0.2, -0.15) is 0 Å². The third-order valence-corrected chi connectivity index (χ3v) is 2.30. The fourth-order valence-corrected chi connectivity index (χ4v) is 1.67. The molecular weight excluding hydrogens is 157 g/mol. The average molecular weight is 167 g/mol. The molecule has 12 heavy (non-hydrogen) atoms. The average Bonchev–Trinajstić information content (AvgIpc) is 2.29. The van der Waals surface area contributed by atoms with Crippen molar-refractivity contribution in [1.29, 1.82) is 0 Å². The minimum Gasteiger partial charge on any atom is -0.387 e. The van der Waals surface area contributed by atoms with Gasteiger partial charge in [-0.25, -0.2) is 4.39 Å². The number of nitrogens with two attached hydrogens (primary N) is 1. The summed E-state index contributed by atoms with van der Waals surface area (Å²) >= 11 is 0. The molecule has 2 nitrogen and oxygen atoms in total. The largest absolute Gasteiger partial charge is 0.387 e. The normalized spacial score (nSPS) is 27.2. The predicted molar refractivity (Wildman–Crippen MR) is 43.0 cm³/mol. The Morgan fingerprint density at radius 3 is 2.92 bits per heavy atom. The molecule has 64 valence electrons. The molecule has 0 heterocycles. The van der Waals surface area contributed by atoms with Crippen molar-refractivity contribution in [3.05, 3.63) is 35.1 Å². The summed E-state index contributed by atoms with van der Waals surface area (Å²) < 4.78 is 13.1. The van der Waals surface area contributed by atoms with Crippen molar-refractivity contribution < 1.29 is 9.50 Å². The van der Waals surface area contributed by atoms with Crippen molar-refractivity contribution in [3.63, 3.8) is 0 Å². The van der Waals surface area contributed by atoms with Gasteiger partial charge in [0.1, 0.15) is 5.82 Å². The molecule has 2 atom stereocenters. The molecule has 3 N–H and O–H groups in total. The first-order chi connectivity index (χ1) is 5.70. The summed E-state index contributed by atoms with van der Waals surface area (Å²) in [6.45, 7) is 0. The maximum Gasteiger partial charge on any atom is 0.129 e. The third-order valence-electron chi connectivity index (χ3n) is 2.30. The zero-order valence-corrected chi connectivity index (χ0v) is 6.50. The predicted octanol–water partition coefficient (Wildman–Crippen LogP) is 0.743. The molecule has 0 saturated carbocycles. The van der Waals surface area contributed by atoms with E-state index in [0.29, 0.717) is 12.0 Å². The van der Waals surface area contributed by atoms with E-state index in [2.05, 4.69) is 0 Å². The number of hydrogen-bond donors (Lipinski definition) is 2. The van der Waals surface area contributed by atoms with E-state index in [0.717, 1.165) is 5.56 Å². The molecule has 3 heteroatoms. The highest BCUT2D eigenvalue weighted by Crippen LogP contribution is 2.31. The number of rotatable bonds is 0. The van der Waals surface area contributed by atoms with Crippen molar-refractivity contribution in [2.45, 2.75) is 18.6 Å². The van der Waals surface area contributed by atoms with E-state index in [-0.39, 0.29) is 11.9 Å². The van der Waals surface area contributed by atoms with Crippen molar-refractivity contribution in [1.82, 2.24) is 0 Å². The van der Waals surface area contributed by atoms with Crippen LogP contribution in [0.15, 0.2) is 18.2 Å². The lowest BCUT2D eigenvalue weighted by Crippen LogP contribution is -2.24. The van der Waals surface area contributed by atoms with Crippen LogP contribution in [0.3, 0.4) is 0 Å². The Kier molecular flexibility index (Phi) is 1.63. The Labute approximate surface area is 69.8 Å². The smallest absolute Gasteiger partial charge is 0.129 e. The van der Waals surface area contributed by atoms with Crippen LogP contribution in [-0.4, -0.2) is 11.1 Å². The minimum absolute atomic E-state index is 0.350. The molecule has 1 aliphatic carbocycles. The molecule has 0 spiro atoms. The highest BCUT2D eigenvalue weighted by Gasteiger charge is 2.30. The highest BCUT2D eigenvalue weighted by molar-refractivity contribution is 5.36. The Bertz CT molecular complexity index is 313. The Morgan fingerprint density at radius 2 is 2.25 bits per heavy atom. The quantitative estimate of drug-likeness (QED) is 0.598. The van der Waals surface area contributed by atoms with Crippen LogP contribution in [0.2, 0.25) is 0 Å². The van der Waals surface area contributed by atoms with Crippen LogP contribution >= 0.6 is 0 Å². The Balaban J connectivity index is 2.55. The van der Waals surface area contributed by atoms with Gasteiger partial charge < -0.3 is 10.8 Å². The molecule has 0 aromatic heterocycles. The van der Waals surface area contributed by atoms with Crippen LogP contribution in [0.5, 0.6) is 0 Å². The molecule has 0 bridgehead atoms. The summed E-state index contributed by atoms with van der Waals surface area (Å²) in [5, 5.41) is 9.47. The Morgan fingerprint density at radius 1 is 1.50 bits per heavy atom. The fraction of sp³-hybridized carbons (Fsp3) is 0.333. The molecule has 0 amide bonds. The van der Waals surface area contributed by atoms with E-state index in [1.807, 2.05) is 0 Å². The molecule has 0 saturated heterocycles. The lowest BCUT2D eigenvalue weighted by molar-refractivity contribution is 0.155. The van der Waals surface area contributed by atoms with Gasteiger partial charge in [0.2, 0.25) is 0 Å². The molecule has 0 unspecified atom stereocenters. The molecule has 1 aromatic carbocycles. The first-order valence-corrected chi connectivity index (χ1v) is 3.91. The molecule has 0 aliphatic heterocycles. The van der Waals surface area contributed by atoms with E-state index < -0.39 is 6.10 Å². The summed E-state index contributed by atoms with van der Waals surface area (Å²) in [5.74, 6) is -0.354. The Hall–Kier alpha value is -0.930. The van der Waals surface area contributed by atoms with E-state index in [1.54, 1.807) is 12.1 Å². The van der Waals surface area contributed by atoms with Gasteiger partial charge in [-0.1, -0.05) is 12.1 Å². The lowest BCUT2D eigenvalue weighted by atomic mass is 10.1. The third kappa shape index (κ3) is 0.940. The van der Waals surface area contributed by atoms with E-state index >= 15 is 0 Å². The number of fused-ring (bicyclic) bond motifs is 1. The van der Waals surface area contributed by atoms with Crippen molar-refractivity contribution in [2.75, 3.05) is 0 Å². The lowest BCUT2D eigenvalue weighted by Gasteiger charge is -2.08. The van der Waals surface area contributed by atoms with Gasteiger partial charge in [0.25, 0.3) is 0 Å². The van der Waals surface area contributed by atoms with Gasteiger partial charge in [-0.3, -0.25) is 0 Å². The minimum atomic E-state index is -0.832. The summed E-state index contributed by atoms with van der Waals surface area (Å²) in [7, 11) is 0. The van der Waals surface area contributed by atoms with Crippen molar-refractivity contribution >= 4 is 0 Å². The number of aliphatic hydroxyl groups excluding tert-OH is 1. The van der Waals surface area contributed by atoms with Gasteiger partial charge >= 0.3 is 0 Å². The molecule has 0 radical (unpaired) electrons. The van der Waals surface area contributed by atoms with Crippen molar-refractivity contribution in [2.24, 2.45) is 5.73 Å². The molecule has 1 aliphatic rings. The van der Waals surface area contributed by atoms with Gasteiger partial charge in [0, 0.05) is 11.6 Å². The molecular formula is C9H10FNO. The fourth-order valence-electron chi connectivity index (χ4n) is 1.67. The standard InChI is InChI=1S/C9H10FNO/c10-6-3-1-2-5-4-7(11)9(12)8(5)6/h1-3,7,9,12H,4,11H2/t7-,9-/m1/s1. The van der Waals surface area contributed by atoms with Crippen LogP contribution < -0.4 is 5.73 Å². The first kappa shape index (κ1) is 7.71. The highest BCUT2D eigenvalue weighted by atomic mass is 19.1. The summed E-state index contributed by atoms with van der Waals surface area (Å²) in [5.41, 5.74) is 6.79. The number of hydrogen-bond acceptors (Lipinski definition) is 2. The number of halogens is 1. The van der Waals surface area contributed by atoms with Crippen LogP contribution in [0.4, 0.5) is 4.39 Å². The zero-order valence-electron chi connectivity index (χ0n) is 6.50. The monoisotopic (exact) mass is 167 g/mol. The maximum atomic E-state index is 13.1. The van der Waals surface area contributed by atoms with Gasteiger partial charge in [0.15, 0.2) is 0 Å². The summed E-state index contributed by atoms with van der Waals surface area (Å²) in [4.78, 5) is 0. The zero-order chi connectivity index (χ0) is 8.72. The van der Waals surface area contributed by atoms with Crippen LogP contribution in [-0.2, 0) is 6.42 Å². The second-order valence-electron chi connectivity index (χ2n) is 3.13. The van der Waals surface area contributed by atoms with Gasteiger partial charge in [0.05, 0.1) is 6.10 Å². The summed E-state index contributed by atoms with van der Waals surface area (Å²) in [6.07, 6.45) is -0.268. The van der Waals surface area contributed by atoms with Crippen LogP contribution in [0.25, 0.3) is 0 Å². The van der Waals surface area contributed by atoms with E-state index in [9.17, 15) is 9.50 Å². The topological polar surface area (TPSA) is 46.2 Å². The van der Waals surface area contributed by atoms with E-state index in [1.165, 1.54) is 6.07 Å². The summed E-state index contributed by atoms with van der Waals surface area (Å²) in [6, 6.07) is 4.44. The van der Waals surface area contributed by atoms with E-state index in [4.69, 9.17) is 5.73 Å². The molecule has 1 aromatic rings. The second kappa shape index (κ2) is 2.54. The van der Waals surface area contributed by atoms with Crippen LogP contribution in [0.1, 0.15) is 17.2 Å². The number of benzene rings is 1. The maximum absolute atomic E-state index is 13.1. The van der Waals surface area contributed by atoms with Crippen LogP contribution in [0, 0.1) is 5.82 Å². The molecule has 2 rings (SSSR count). The SMILES string of the molecule is N[C@@H]1Cc2cccc(F)c2[C@@H]1O. The van der Waals surface area contributed by atoms with Gasteiger partial charge in [-0.15, -0.1) is 0 Å². The molecule has 0 fully saturated rings.